The summed E-state index contributed by atoms with van der Waals surface area (Å²) in [6, 6.07) is 16.2. The number of hydrogen-bond acceptors (Lipinski definition) is 1. The van der Waals surface area contributed by atoms with Crippen molar-refractivity contribution in [2.24, 2.45) is 0 Å². The normalized spacial score (nSPS) is 14.4. The van der Waals surface area contributed by atoms with E-state index in [-0.39, 0.29) is 6.42 Å². The summed E-state index contributed by atoms with van der Waals surface area (Å²) in [4.78, 5) is 11.4. The van der Waals surface area contributed by atoms with Crippen LogP contribution >= 0.6 is 0 Å². The molecule has 0 radical (unpaired) electrons. The molecular formula is C18H16O2. The van der Waals surface area contributed by atoms with Crippen molar-refractivity contribution in [3.63, 3.8) is 0 Å². The predicted octanol–water partition coefficient (Wildman–Crippen LogP) is 4.00. The van der Waals surface area contributed by atoms with Crippen LogP contribution in [0.3, 0.4) is 0 Å². The Balaban J connectivity index is 2.32. The van der Waals surface area contributed by atoms with Crippen molar-refractivity contribution >= 4 is 5.97 Å². The molecule has 0 unspecified atom stereocenters. The zero-order valence-electron chi connectivity index (χ0n) is 11.2. The van der Waals surface area contributed by atoms with E-state index in [2.05, 4.69) is 18.7 Å². The molecular weight excluding hydrogens is 248 g/mol. The van der Waals surface area contributed by atoms with Crippen molar-refractivity contribution < 1.29 is 9.90 Å². The first kappa shape index (κ1) is 12.7. The van der Waals surface area contributed by atoms with Crippen LogP contribution in [0.1, 0.15) is 24.0 Å². The van der Waals surface area contributed by atoms with Gasteiger partial charge in [0.15, 0.2) is 0 Å². The van der Waals surface area contributed by atoms with Gasteiger partial charge in [0.25, 0.3) is 0 Å². The molecule has 0 spiro atoms. The zero-order valence-corrected chi connectivity index (χ0v) is 11.2. The molecule has 1 aliphatic rings. The SMILES string of the molecule is C=CCC1(CC(=O)O)c2ccccc2-c2ccccc21. The van der Waals surface area contributed by atoms with Crippen molar-refractivity contribution in [2.45, 2.75) is 18.3 Å². The molecule has 0 amide bonds. The average molecular weight is 264 g/mol. The number of allylic oxidation sites excluding steroid dienone is 1. The van der Waals surface area contributed by atoms with Gasteiger partial charge in [0.1, 0.15) is 0 Å². The van der Waals surface area contributed by atoms with Crippen LogP contribution in [0.5, 0.6) is 0 Å². The van der Waals surface area contributed by atoms with Crippen molar-refractivity contribution in [1.29, 1.82) is 0 Å². The first-order chi connectivity index (χ1) is 9.69. The number of rotatable bonds is 4. The monoisotopic (exact) mass is 264 g/mol. The highest BCUT2D eigenvalue weighted by Crippen LogP contribution is 2.52. The largest absolute Gasteiger partial charge is 0.481 e. The molecule has 1 N–H and O–H groups in total. The van der Waals surface area contributed by atoms with Crippen molar-refractivity contribution in [3.8, 4) is 11.1 Å². The molecule has 20 heavy (non-hydrogen) atoms. The minimum absolute atomic E-state index is 0.0903. The molecule has 2 nitrogen and oxygen atoms in total. The molecule has 1 aliphatic carbocycles. The fraction of sp³-hybridized carbons (Fsp3) is 0.167. The molecule has 0 bridgehead atoms. The Bertz CT molecular complexity index is 640. The van der Waals surface area contributed by atoms with Gasteiger partial charge in [-0.3, -0.25) is 4.79 Å². The van der Waals surface area contributed by atoms with Gasteiger partial charge in [0.2, 0.25) is 0 Å². The van der Waals surface area contributed by atoms with E-state index >= 15 is 0 Å². The highest BCUT2D eigenvalue weighted by molar-refractivity contribution is 5.84. The topological polar surface area (TPSA) is 37.3 Å². The van der Waals surface area contributed by atoms with Crippen molar-refractivity contribution in [2.75, 3.05) is 0 Å². The third kappa shape index (κ3) is 1.68. The summed E-state index contributed by atoms with van der Waals surface area (Å²) < 4.78 is 0. The van der Waals surface area contributed by atoms with Crippen LogP contribution in [0.2, 0.25) is 0 Å². The molecule has 0 fully saturated rings. The summed E-state index contributed by atoms with van der Waals surface area (Å²) in [6.45, 7) is 3.83. The predicted molar refractivity (Wildman–Crippen MR) is 79.7 cm³/mol. The van der Waals surface area contributed by atoms with E-state index in [0.717, 1.165) is 22.3 Å². The minimum Gasteiger partial charge on any atom is -0.481 e. The van der Waals surface area contributed by atoms with Crippen molar-refractivity contribution in [1.82, 2.24) is 0 Å². The van der Waals surface area contributed by atoms with Gasteiger partial charge in [-0.15, -0.1) is 6.58 Å². The Kier molecular flexibility index (Phi) is 2.94. The van der Waals surface area contributed by atoms with Gasteiger partial charge in [-0.1, -0.05) is 54.6 Å². The lowest BCUT2D eigenvalue weighted by molar-refractivity contribution is -0.138. The molecule has 3 rings (SSSR count). The maximum atomic E-state index is 11.4. The van der Waals surface area contributed by atoms with E-state index in [0.29, 0.717) is 6.42 Å². The lowest BCUT2D eigenvalue weighted by Crippen LogP contribution is -2.28. The maximum Gasteiger partial charge on any atom is 0.304 e. The second-order valence-corrected chi connectivity index (χ2v) is 5.24. The molecule has 2 aromatic rings. The standard InChI is InChI=1S/C18H16O2/c1-2-11-18(12-17(19)20)15-9-5-3-7-13(15)14-8-4-6-10-16(14)18/h2-10H,1,11-12H2,(H,19,20). The second-order valence-electron chi connectivity index (χ2n) is 5.24. The molecule has 2 aromatic carbocycles. The number of fused-ring (bicyclic) bond motifs is 3. The number of carbonyl (C=O) groups is 1. The first-order valence-corrected chi connectivity index (χ1v) is 6.71. The van der Waals surface area contributed by atoms with Crippen LogP contribution in [0.15, 0.2) is 61.2 Å². The Morgan fingerprint density at radius 3 is 2.00 bits per heavy atom. The molecule has 100 valence electrons. The van der Waals surface area contributed by atoms with Gasteiger partial charge in [-0.2, -0.15) is 0 Å². The molecule has 0 saturated heterocycles. The second kappa shape index (κ2) is 4.64. The van der Waals surface area contributed by atoms with Crippen LogP contribution in [-0.2, 0) is 10.2 Å². The summed E-state index contributed by atoms with van der Waals surface area (Å²) in [7, 11) is 0. The van der Waals surface area contributed by atoms with E-state index in [1.807, 2.05) is 42.5 Å². The number of hydrogen-bond donors (Lipinski definition) is 1. The number of benzene rings is 2. The third-order valence-electron chi connectivity index (χ3n) is 4.12. The van der Waals surface area contributed by atoms with E-state index in [1.165, 1.54) is 0 Å². The summed E-state index contributed by atoms with van der Waals surface area (Å²) in [5.41, 5.74) is 4.00. The van der Waals surface area contributed by atoms with E-state index in [9.17, 15) is 9.90 Å². The number of aliphatic carboxylic acids is 1. The van der Waals surface area contributed by atoms with E-state index in [4.69, 9.17) is 0 Å². The Morgan fingerprint density at radius 1 is 1.05 bits per heavy atom. The summed E-state index contributed by atoms with van der Waals surface area (Å²) in [5.74, 6) is -0.779. The molecule has 0 heterocycles. The molecule has 0 aliphatic heterocycles. The van der Waals surface area contributed by atoms with Gasteiger partial charge >= 0.3 is 5.97 Å². The van der Waals surface area contributed by atoms with Crippen LogP contribution in [0, 0.1) is 0 Å². The first-order valence-electron chi connectivity index (χ1n) is 6.71. The quantitative estimate of drug-likeness (QED) is 0.847. The Labute approximate surface area is 118 Å². The van der Waals surface area contributed by atoms with Crippen LogP contribution < -0.4 is 0 Å². The molecule has 0 atom stereocenters. The van der Waals surface area contributed by atoms with Gasteiger partial charge < -0.3 is 5.11 Å². The van der Waals surface area contributed by atoms with Crippen molar-refractivity contribution in [3.05, 3.63) is 72.3 Å². The average Bonchev–Trinajstić information content (AvgIpc) is 2.71. The summed E-state index contributed by atoms with van der Waals surface area (Å²) in [6.07, 6.45) is 2.54. The van der Waals surface area contributed by atoms with E-state index in [1.54, 1.807) is 0 Å². The van der Waals surface area contributed by atoms with Gasteiger partial charge in [-0.25, -0.2) is 0 Å². The summed E-state index contributed by atoms with van der Waals surface area (Å²) in [5, 5.41) is 9.38. The summed E-state index contributed by atoms with van der Waals surface area (Å²) >= 11 is 0. The van der Waals surface area contributed by atoms with Gasteiger partial charge in [0, 0.05) is 5.41 Å². The Morgan fingerprint density at radius 2 is 1.55 bits per heavy atom. The molecule has 0 saturated carbocycles. The lowest BCUT2D eigenvalue weighted by Gasteiger charge is -2.29. The third-order valence-corrected chi connectivity index (χ3v) is 4.12. The van der Waals surface area contributed by atoms with Gasteiger partial charge in [0.05, 0.1) is 6.42 Å². The smallest absolute Gasteiger partial charge is 0.304 e. The fourth-order valence-electron chi connectivity index (χ4n) is 3.40. The van der Waals surface area contributed by atoms with Crippen LogP contribution in [0.25, 0.3) is 11.1 Å². The lowest BCUT2D eigenvalue weighted by atomic mass is 9.73. The maximum absolute atomic E-state index is 11.4. The highest BCUT2D eigenvalue weighted by atomic mass is 16.4. The number of carboxylic acid groups (broad SMARTS) is 1. The number of carboxylic acids is 1. The van der Waals surface area contributed by atoms with Crippen LogP contribution in [-0.4, -0.2) is 11.1 Å². The fourth-order valence-corrected chi connectivity index (χ4v) is 3.40. The van der Waals surface area contributed by atoms with Crippen LogP contribution in [0.4, 0.5) is 0 Å². The molecule has 0 aromatic heterocycles. The zero-order chi connectivity index (χ0) is 14.2. The highest BCUT2D eigenvalue weighted by Gasteiger charge is 2.43. The minimum atomic E-state index is -0.779. The Hall–Kier alpha value is -2.35. The molecule has 2 heteroatoms. The van der Waals surface area contributed by atoms with Gasteiger partial charge in [-0.05, 0) is 28.7 Å². The van der Waals surface area contributed by atoms with E-state index < -0.39 is 11.4 Å².